The molecule has 0 heterocycles. The lowest BCUT2D eigenvalue weighted by Crippen LogP contribution is -1.73. The zero-order chi connectivity index (χ0) is 9.40. The minimum Gasteiger partial charge on any atom is -0.214 e. The Kier molecular flexibility index (Phi) is 8.66. The van der Waals surface area contributed by atoms with E-state index in [0.717, 1.165) is 6.42 Å². The Bertz CT molecular complexity index is 186. The van der Waals surface area contributed by atoms with Gasteiger partial charge in [-0.2, -0.15) is 0 Å². The molecule has 0 N–H and O–H groups in total. The van der Waals surface area contributed by atoms with Gasteiger partial charge in [-0.15, -0.1) is 0 Å². The molecule has 0 spiro atoms. The fraction of sp³-hybridized carbons (Fsp3) is 0.250. The van der Waals surface area contributed by atoms with Gasteiger partial charge in [-0.3, -0.25) is 0 Å². The van der Waals surface area contributed by atoms with Crippen molar-refractivity contribution >= 4 is 41.5 Å². The Hall–Kier alpha value is 0.622. The van der Waals surface area contributed by atoms with Crippen molar-refractivity contribution in [2.75, 3.05) is 0 Å². The van der Waals surface area contributed by atoms with Gasteiger partial charge in [0, 0.05) is 0 Å². The molecule has 1 aromatic rings. The molecule has 0 aliphatic heterocycles. The summed E-state index contributed by atoms with van der Waals surface area (Å²) >= 11 is -1.72. The van der Waals surface area contributed by atoms with Crippen LogP contribution in [0.4, 0.5) is 0 Å². The van der Waals surface area contributed by atoms with Gasteiger partial charge in [-0.25, -0.2) is 30.1 Å². The Labute approximate surface area is 90.4 Å². The van der Waals surface area contributed by atoms with Crippen LogP contribution in [0.25, 0.3) is 0 Å². The van der Waals surface area contributed by atoms with E-state index >= 15 is 0 Å². The van der Waals surface area contributed by atoms with Crippen molar-refractivity contribution in [1.82, 2.24) is 0 Å². The molecule has 0 atom stereocenters. The molecule has 0 saturated heterocycles. The van der Waals surface area contributed by atoms with Crippen LogP contribution in [-0.4, -0.2) is 11.4 Å². The average molecular weight is 240 g/mol. The molecular weight excluding hydrogens is 229 g/mol. The Morgan fingerprint density at radius 3 is 1.75 bits per heavy atom. The second-order valence-electron chi connectivity index (χ2n) is 2.09. The van der Waals surface area contributed by atoms with Crippen LogP contribution in [0.5, 0.6) is 0 Å². The first kappa shape index (κ1) is 12.6. The lowest BCUT2D eigenvalue weighted by molar-refractivity contribution is 1.14. The third kappa shape index (κ3) is 8.72. The van der Waals surface area contributed by atoms with Crippen LogP contribution < -0.4 is 0 Å². The standard InChI is InChI=1S/C8H10.Al.3ClH/c1-2-8-6-4-3-5-7-8;;;;/h3-7H,2H2,1H3;;3*1H/q;+3;;;/p-3. The van der Waals surface area contributed by atoms with Gasteiger partial charge in [0.25, 0.3) is 0 Å². The summed E-state index contributed by atoms with van der Waals surface area (Å²) in [5, 5.41) is 0. The van der Waals surface area contributed by atoms with Crippen molar-refractivity contribution in [2.45, 2.75) is 13.3 Å². The molecule has 4 heteroatoms. The average Bonchev–Trinajstić information content (AvgIpc) is 2.05. The Morgan fingerprint density at radius 1 is 1.08 bits per heavy atom. The maximum Gasteiger partial charge on any atom is 0.643 e. The van der Waals surface area contributed by atoms with Gasteiger partial charge in [-0.1, -0.05) is 37.3 Å². The highest BCUT2D eigenvalue weighted by molar-refractivity contribution is 7.54. The fourth-order valence-corrected chi connectivity index (χ4v) is 0.714. The number of hydrogen-bond acceptors (Lipinski definition) is 0. The van der Waals surface area contributed by atoms with Crippen LogP contribution in [0.3, 0.4) is 0 Å². The molecule has 1 rings (SSSR count). The summed E-state index contributed by atoms with van der Waals surface area (Å²) in [6.45, 7) is 2.16. The third-order valence-corrected chi connectivity index (χ3v) is 1.25. The number of aryl methyl sites for hydroxylation is 1. The van der Waals surface area contributed by atoms with Crippen molar-refractivity contribution in [1.29, 1.82) is 0 Å². The molecule has 0 aliphatic rings. The lowest BCUT2D eigenvalue weighted by atomic mass is 10.2. The van der Waals surface area contributed by atoms with Crippen molar-refractivity contribution in [2.24, 2.45) is 0 Å². The molecule has 0 unspecified atom stereocenters. The SMILES string of the molecule is CCc1ccccc1.[Cl][Al]([Cl])[Cl]. The van der Waals surface area contributed by atoms with Crippen molar-refractivity contribution in [3.8, 4) is 0 Å². The number of halogens is 3. The second-order valence-corrected chi connectivity index (χ2v) is 8.52. The molecule has 66 valence electrons. The first-order chi connectivity index (χ1) is 5.66. The monoisotopic (exact) mass is 238 g/mol. The number of rotatable bonds is 1. The molecule has 0 aromatic heterocycles. The van der Waals surface area contributed by atoms with E-state index in [1.165, 1.54) is 5.56 Å². The van der Waals surface area contributed by atoms with E-state index in [-0.39, 0.29) is 0 Å². The van der Waals surface area contributed by atoms with Crippen molar-refractivity contribution in [3.63, 3.8) is 0 Å². The summed E-state index contributed by atoms with van der Waals surface area (Å²) in [5.74, 6) is 0. The van der Waals surface area contributed by atoms with Gasteiger partial charge in [0.2, 0.25) is 0 Å². The van der Waals surface area contributed by atoms with E-state index < -0.39 is 11.4 Å². The normalized spacial score (nSPS) is 8.33. The highest BCUT2D eigenvalue weighted by atomic mass is 35.8. The minimum absolute atomic E-state index is 1.14. The van der Waals surface area contributed by atoms with Crippen LogP contribution in [0, 0.1) is 0 Å². The molecular formula is C8H10AlCl3. The molecule has 1 aromatic carbocycles. The Balaban J connectivity index is 0.000000261. The van der Waals surface area contributed by atoms with Gasteiger partial charge < -0.3 is 0 Å². The van der Waals surface area contributed by atoms with Gasteiger partial charge in [0.05, 0.1) is 0 Å². The quantitative estimate of drug-likeness (QED) is 0.651. The van der Waals surface area contributed by atoms with Crippen molar-refractivity contribution < 1.29 is 0 Å². The molecule has 0 bridgehead atoms. The topological polar surface area (TPSA) is 0 Å². The summed E-state index contributed by atoms with van der Waals surface area (Å²) in [6, 6.07) is 10.5. The molecule has 0 amide bonds. The first-order valence-electron chi connectivity index (χ1n) is 3.63. The van der Waals surface area contributed by atoms with Crippen LogP contribution in [0.2, 0.25) is 0 Å². The van der Waals surface area contributed by atoms with E-state index in [2.05, 4.69) is 31.2 Å². The van der Waals surface area contributed by atoms with E-state index in [0.29, 0.717) is 0 Å². The van der Waals surface area contributed by atoms with Gasteiger partial charge in [-0.05, 0) is 12.0 Å². The highest BCUT2D eigenvalue weighted by Gasteiger charge is 2.00. The predicted molar refractivity (Wildman–Crippen MR) is 59.1 cm³/mol. The smallest absolute Gasteiger partial charge is 0.214 e. The third-order valence-electron chi connectivity index (χ3n) is 1.25. The largest absolute Gasteiger partial charge is 0.643 e. The summed E-state index contributed by atoms with van der Waals surface area (Å²) in [6.07, 6.45) is 1.14. The van der Waals surface area contributed by atoms with Crippen LogP contribution in [0.1, 0.15) is 12.5 Å². The van der Waals surface area contributed by atoms with Crippen LogP contribution in [-0.2, 0) is 6.42 Å². The molecule has 0 fully saturated rings. The van der Waals surface area contributed by atoms with E-state index in [4.69, 9.17) is 30.1 Å². The second kappa shape index (κ2) is 8.23. The molecule has 0 aliphatic carbocycles. The van der Waals surface area contributed by atoms with Gasteiger partial charge in [0.1, 0.15) is 0 Å². The van der Waals surface area contributed by atoms with E-state index in [1.807, 2.05) is 6.07 Å². The zero-order valence-electron chi connectivity index (χ0n) is 6.81. The predicted octanol–water partition coefficient (Wildman–Crippen LogP) is 3.94. The molecule has 0 nitrogen and oxygen atoms in total. The number of hydrogen-bond donors (Lipinski definition) is 0. The molecule has 0 radical (unpaired) electrons. The molecule has 0 saturated carbocycles. The first-order valence-corrected chi connectivity index (χ1v) is 8.86. The van der Waals surface area contributed by atoms with Crippen LogP contribution in [0.15, 0.2) is 30.3 Å². The minimum atomic E-state index is -1.72. The molecule has 12 heavy (non-hydrogen) atoms. The zero-order valence-corrected chi connectivity index (χ0v) is 10.2. The number of benzene rings is 1. The van der Waals surface area contributed by atoms with Crippen molar-refractivity contribution in [3.05, 3.63) is 35.9 Å². The highest BCUT2D eigenvalue weighted by Crippen LogP contribution is 1.97. The summed E-state index contributed by atoms with van der Waals surface area (Å²) in [5.41, 5.74) is 1.41. The lowest BCUT2D eigenvalue weighted by Gasteiger charge is -1.89. The van der Waals surface area contributed by atoms with Gasteiger partial charge >= 0.3 is 11.4 Å². The maximum atomic E-state index is 4.94. The van der Waals surface area contributed by atoms with Crippen LogP contribution >= 0.6 is 30.1 Å². The summed E-state index contributed by atoms with van der Waals surface area (Å²) in [4.78, 5) is 0. The summed E-state index contributed by atoms with van der Waals surface area (Å²) < 4.78 is 0. The van der Waals surface area contributed by atoms with E-state index in [9.17, 15) is 0 Å². The maximum absolute atomic E-state index is 4.94. The summed E-state index contributed by atoms with van der Waals surface area (Å²) in [7, 11) is 14.8. The Morgan fingerprint density at radius 2 is 1.50 bits per heavy atom. The van der Waals surface area contributed by atoms with Gasteiger partial charge in [0.15, 0.2) is 0 Å². The van der Waals surface area contributed by atoms with E-state index in [1.54, 1.807) is 0 Å². The fourth-order valence-electron chi connectivity index (χ4n) is 0.714.